The summed E-state index contributed by atoms with van der Waals surface area (Å²) in [5.74, 6) is -0.618. The number of carbonyl (C=O) groups is 2. The van der Waals surface area contributed by atoms with Gasteiger partial charge in [-0.05, 0) is 24.3 Å². The maximum atomic E-state index is 11.7. The highest BCUT2D eigenvalue weighted by atomic mass is 16.5. The number of amides is 1. The van der Waals surface area contributed by atoms with Crippen LogP contribution >= 0.6 is 0 Å². The fraction of sp³-hybridized carbons (Fsp3) is 0.385. The van der Waals surface area contributed by atoms with E-state index < -0.39 is 5.97 Å². The Kier molecular flexibility index (Phi) is 5.79. The van der Waals surface area contributed by atoms with Crippen molar-refractivity contribution in [3.8, 4) is 5.75 Å². The number of nitrogens with zero attached hydrogens (tertiary/aromatic N) is 2. The zero-order valence-corrected chi connectivity index (χ0v) is 11.8. The van der Waals surface area contributed by atoms with Crippen LogP contribution in [0.4, 0.5) is 5.69 Å². The van der Waals surface area contributed by atoms with Gasteiger partial charge in [-0.2, -0.15) is 0 Å². The number of hydrogen-bond donors (Lipinski definition) is 2. The second-order valence-corrected chi connectivity index (χ2v) is 4.38. The van der Waals surface area contributed by atoms with Crippen LogP contribution in [-0.4, -0.2) is 56.3 Å². The Morgan fingerprint density at radius 1 is 1.20 bits per heavy atom. The van der Waals surface area contributed by atoms with Crippen LogP contribution in [0.1, 0.15) is 0 Å². The fourth-order valence-electron chi connectivity index (χ4n) is 1.65. The van der Waals surface area contributed by atoms with Gasteiger partial charge in [0.1, 0.15) is 12.3 Å². The number of carbonyl (C=O) groups excluding carboxylic acids is 1. The summed E-state index contributed by atoms with van der Waals surface area (Å²) >= 11 is 0. The summed E-state index contributed by atoms with van der Waals surface area (Å²) in [7, 11) is 4.92. The van der Waals surface area contributed by atoms with E-state index in [1.165, 1.54) is 9.91 Å². The minimum atomic E-state index is -1.00. The van der Waals surface area contributed by atoms with E-state index in [9.17, 15) is 9.59 Å². The summed E-state index contributed by atoms with van der Waals surface area (Å²) in [6, 6.07) is 6.86. The van der Waals surface area contributed by atoms with E-state index in [0.717, 1.165) is 0 Å². The monoisotopic (exact) mass is 281 g/mol. The minimum Gasteiger partial charge on any atom is -0.497 e. The summed E-state index contributed by atoms with van der Waals surface area (Å²) in [5, 5.41) is 10.4. The molecule has 0 unspecified atom stereocenters. The molecule has 2 N–H and O–H groups in total. The van der Waals surface area contributed by atoms with Crippen molar-refractivity contribution in [2.75, 3.05) is 39.2 Å². The SMILES string of the molecule is COc1ccc(N(CC(=O)O)CC(=O)NN(C)C)cc1. The molecule has 0 bridgehead atoms. The smallest absolute Gasteiger partial charge is 0.323 e. The van der Waals surface area contributed by atoms with Crippen LogP contribution in [0.5, 0.6) is 5.75 Å². The highest BCUT2D eigenvalue weighted by Gasteiger charge is 2.15. The number of carboxylic acid groups (broad SMARTS) is 1. The standard InChI is InChI=1S/C13H19N3O4/c1-15(2)14-12(17)8-16(9-13(18)19)10-4-6-11(20-3)7-5-10/h4-7H,8-9H2,1-3H3,(H,14,17)(H,18,19). The van der Waals surface area contributed by atoms with E-state index in [1.54, 1.807) is 45.5 Å². The second kappa shape index (κ2) is 7.34. The minimum absolute atomic E-state index is 0.0448. The average molecular weight is 281 g/mol. The Morgan fingerprint density at radius 2 is 1.80 bits per heavy atom. The van der Waals surface area contributed by atoms with E-state index in [2.05, 4.69) is 5.43 Å². The van der Waals surface area contributed by atoms with Crippen molar-refractivity contribution in [1.82, 2.24) is 10.4 Å². The normalized spacial score (nSPS) is 10.2. The molecule has 110 valence electrons. The highest BCUT2D eigenvalue weighted by Crippen LogP contribution is 2.18. The van der Waals surface area contributed by atoms with Gasteiger partial charge in [0.25, 0.3) is 5.91 Å². The second-order valence-electron chi connectivity index (χ2n) is 4.38. The first kappa shape index (κ1) is 15.8. The molecule has 0 aliphatic heterocycles. The number of anilines is 1. The van der Waals surface area contributed by atoms with Crippen LogP contribution in [0, 0.1) is 0 Å². The first-order chi connectivity index (χ1) is 9.42. The molecule has 1 aromatic carbocycles. The van der Waals surface area contributed by atoms with Gasteiger partial charge in [0.05, 0.1) is 13.7 Å². The van der Waals surface area contributed by atoms with Gasteiger partial charge in [-0.1, -0.05) is 0 Å². The van der Waals surface area contributed by atoms with Gasteiger partial charge in [0.15, 0.2) is 0 Å². The zero-order valence-electron chi connectivity index (χ0n) is 11.8. The third-order valence-electron chi connectivity index (χ3n) is 2.45. The predicted molar refractivity (Wildman–Crippen MR) is 74.7 cm³/mol. The van der Waals surface area contributed by atoms with E-state index in [1.807, 2.05) is 0 Å². The topological polar surface area (TPSA) is 82.1 Å². The van der Waals surface area contributed by atoms with E-state index in [4.69, 9.17) is 9.84 Å². The number of rotatable bonds is 7. The van der Waals surface area contributed by atoms with Crippen molar-refractivity contribution in [3.63, 3.8) is 0 Å². The number of hydrogen-bond acceptors (Lipinski definition) is 5. The van der Waals surface area contributed by atoms with Crippen LogP contribution in [0.15, 0.2) is 24.3 Å². The van der Waals surface area contributed by atoms with Gasteiger partial charge < -0.3 is 14.7 Å². The molecule has 7 nitrogen and oxygen atoms in total. The summed E-state index contributed by atoms with van der Waals surface area (Å²) in [5.41, 5.74) is 3.21. The molecular formula is C13H19N3O4. The molecule has 1 aromatic rings. The van der Waals surface area contributed by atoms with Crippen LogP contribution in [0.25, 0.3) is 0 Å². The van der Waals surface area contributed by atoms with E-state index in [0.29, 0.717) is 11.4 Å². The number of aliphatic carboxylic acids is 1. The van der Waals surface area contributed by atoms with Gasteiger partial charge in [-0.25, -0.2) is 5.01 Å². The first-order valence-corrected chi connectivity index (χ1v) is 6.00. The average Bonchev–Trinajstić information content (AvgIpc) is 2.36. The number of methoxy groups -OCH3 is 1. The summed E-state index contributed by atoms with van der Waals surface area (Å²) in [6.45, 7) is -0.302. The fourth-order valence-corrected chi connectivity index (χ4v) is 1.65. The highest BCUT2D eigenvalue weighted by molar-refractivity contribution is 5.83. The molecule has 0 spiro atoms. The van der Waals surface area contributed by atoms with Gasteiger partial charge in [-0.15, -0.1) is 0 Å². The lowest BCUT2D eigenvalue weighted by atomic mass is 10.2. The number of carboxylic acids is 1. The zero-order chi connectivity index (χ0) is 15.1. The Balaban J connectivity index is 2.81. The third-order valence-corrected chi connectivity index (χ3v) is 2.45. The van der Waals surface area contributed by atoms with Crippen molar-refractivity contribution < 1.29 is 19.4 Å². The van der Waals surface area contributed by atoms with Crippen LogP contribution < -0.4 is 15.1 Å². The Hall–Kier alpha value is -2.28. The molecule has 7 heteroatoms. The molecule has 0 aromatic heterocycles. The molecule has 0 heterocycles. The number of hydrazine groups is 1. The predicted octanol–water partition coefficient (Wildman–Crippen LogP) is 0.179. The molecule has 0 radical (unpaired) electrons. The molecule has 20 heavy (non-hydrogen) atoms. The Labute approximate surface area is 117 Å². The maximum Gasteiger partial charge on any atom is 0.323 e. The van der Waals surface area contributed by atoms with Crippen molar-refractivity contribution >= 4 is 17.6 Å². The molecule has 0 saturated carbocycles. The number of nitrogens with one attached hydrogen (secondary N) is 1. The Morgan fingerprint density at radius 3 is 2.25 bits per heavy atom. The van der Waals surface area contributed by atoms with Crippen molar-refractivity contribution in [3.05, 3.63) is 24.3 Å². The number of benzene rings is 1. The van der Waals surface area contributed by atoms with Crippen LogP contribution in [0.2, 0.25) is 0 Å². The van der Waals surface area contributed by atoms with Crippen molar-refractivity contribution in [2.45, 2.75) is 0 Å². The molecule has 1 rings (SSSR count). The molecule has 0 atom stereocenters. The van der Waals surface area contributed by atoms with Crippen molar-refractivity contribution in [2.24, 2.45) is 0 Å². The van der Waals surface area contributed by atoms with Gasteiger partial charge in [0, 0.05) is 19.8 Å². The maximum absolute atomic E-state index is 11.7. The molecule has 0 aliphatic carbocycles. The lowest BCUT2D eigenvalue weighted by Crippen LogP contribution is -2.44. The van der Waals surface area contributed by atoms with Crippen LogP contribution in [-0.2, 0) is 9.59 Å². The van der Waals surface area contributed by atoms with E-state index in [-0.39, 0.29) is 19.0 Å². The first-order valence-electron chi connectivity index (χ1n) is 6.00. The Bertz CT molecular complexity index is 459. The molecular weight excluding hydrogens is 262 g/mol. The lowest BCUT2D eigenvalue weighted by Gasteiger charge is -2.23. The summed E-state index contributed by atoms with van der Waals surface area (Å²) in [4.78, 5) is 24.1. The molecule has 0 aliphatic rings. The van der Waals surface area contributed by atoms with Gasteiger partial charge in [-0.3, -0.25) is 15.0 Å². The van der Waals surface area contributed by atoms with Gasteiger partial charge in [0.2, 0.25) is 0 Å². The van der Waals surface area contributed by atoms with Crippen LogP contribution in [0.3, 0.4) is 0 Å². The summed E-state index contributed by atoms with van der Waals surface area (Å²) in [6.07, 6.45) is 0. The third kappa shape index (κ3) is 5.15. The number of ether oxygens (including phenoxy) is 1. The molecule has 1 amide bonds. The molecule has 0 saturated heterocycles. The van der Waals surface area contributed by atoms with E-state index >= 15 is 0 Å². The molecule has 0 fully saturated rings. The van der Waals surface area contributed by atoms with Crippen molar-refractivity contribution in [1.29, 1.82) is 0 Å². The lowest BCUT2D eigenvalue weighted by molar-refractivity contribution is -0.135. The summed E-state index contributed by atoms with van der Waals surface area (Å²) < 4.78 is 5.04. The van der Waals surface area contributed by atoms with Gasteiger partial charge >= 0.3 is 5.97 Å². The quantitative estimate of drug-likeness (QED) is 0.694. The largest absolute Gasteiger partial charge is 0.497 e.